The number of carbonyl (C=O) groups excluding carboxylic acids is 2. The number of amides is 2. The van der Waals surface area contributed by atoms with Crippen molar-refractivity contribution in [2.75, 3.05) is 30.4 Å². The summed E-state index contributed by atoms with van der Waals surface area (Å²) in [6.45, 7) is 5.92. The zero-order valence-electron chi connectivity index (χ0n) is 26.3. The van der Waals surface area contributed by atoms with E-state index in [4.69, 9.17) is 0 Å². The Bertz CT molecular complexity index is 1660. The topological polar surface area (TPSA) is 98.8 Å². The predicted molar refractivity (Wildman–Crippen MR) is 181 cm³/mol. The largest absolute Gasteiger partial charge is 0.373 e. The van der Waals surface area contributed by atoms with Crippen molar-refractivity contribution in [3.63, 3.8) is 0 Å². The summed E-state index contributed by atoms with van der Waals surface area (Å²) in [7, 11) is 0.0137. The van der Waals surface area contributed by atoms with Crippen molar-refractivity contribution in [1.82, 2.24) is 10.0 Å². The number of hydrogen-bond donors (Lipinski definition) is 2. The lowest BCUT2D eigenvalue weighted by molar-refractivity contribution is -0.119. The van der Waals surface area contributed by atoms with Crippen LogP contribution >= 0.6 is 0 Å². The van der Waals surface area contributed by atoms with Crippen LogP contribution in [0.3, 0.4) is 0 Å². The number of rotatable bonds is 14. The first-order valence-electron chi connectivity index (χ1n) is 15.1. The minimum atomic E-state index is -4.05. The fourth-order valence-corrected chi connectivity index (χ4v) is 6.04. The standard InChI is InChI=1S/C36H42N4O4S/c1-27(2)22-23-39(3)33-21-20-30(24-34(33)40(4)26-28-14-8-5-9-15-28)36(42)37-32(29-16-10-6-11-17-29)25-35(41)38-45(43,44)31-18-12-7-13-19-31/h5-21,24,27,32H,22-23,25-26H2,1-4H3,(H,37,42)(H,38,41). The van der Waals surface area contributed by atoms with Crippen molar-refractivity contribution in [2.45, 2.75) is 44.2 Å². The second-order valence-corrected chi connectivity index (χ2v) is 13.3. The van der Waals surface area contributed by atoms with Gasteiger partial charge in [-0.3, -0.25) is 9.59 Å². The Morgan fingerprint density at radius 1 is 0.756 bits per heavy atom. The summed E-state index contributed by atoms with van der Waals surface area (Å²) in [5.41, 5.74) is 4.18. The van der Waals surface area contributed by atoms with E-state index in [1.807, 2.05) is 55.6 Å². The fraction of sp³-hybridized carbons (Fsp3) is 0.278. The normalized spacial score (nSPS) is 11.9. The van der Waals surface area contributed by atoms with E-state index in [2.05, 4.69) is 52.9 Å². The maximum Gasteiger partial charge on any atom is 0.264 e. The van der Waals surface area contributed by atoms with Gasteiger partial charge in [-0.15, -0.1) is 0 Å². The molecule has 0 saturated heterocycles. The van der Waals surface area contributed by atoms with Crippen LogP contribution in [0.2, 0.25) is 0 Å². The highest BCUT2D eigenvalue weighted by Crippen LogP contribution is 2.31. The fourth-order valence-electron chi connectivity index (χ4n) is 5.02. The Labute approximate surface area is 267 Å². The van der Waals surface area contributed by atoms with Gasteiger partial charge in [0, 0.05) is 32.7 Å². The maximum absolute atomic E-state index is 13.8. The predicted octanol–water partition coefficient (Wildman–Crippen LogP) is 6.17. The van der Waals surface area contributed by atoms with E-state index < -0.39 is 22.0 Å². The number of carbonyl (C=O) groups is 2. The van der Waals surface area contributed by atoms with E-state index in [9.17, 15) is 18.0 Å². The number of sulfonamides is 1. The third-order valence-electron chi connectivity index (χ3n) is 7.56. The molecule has 0 aromatic heterocycles. The average Bonchev–Trinajstić information content (AvgIpc) is 3.04. The molecule has 8 nitrogen and oxygen atoms in total. The second kappa shape index (κ2) is 15.4. The molecule has 0 aliphatic rings. The third kappa shape index (κ3) is 9.43. The van der Waals surface area contributed by atoms with E-state index in [1.165, 1.54) is 12.1 Å². The number of hydrogen-bond acceptors (Lipinski definition) is 6. The molecule has 2 amide bonds. The van der Waals surface area contributed by atoms with Crippen molar-refractivity contribution in [3.05, 3.63) is 126 Å². The smallest absolute Gasteiger partial charge is 0.264 e. The summed E-state index contributed by atoms with van der Waals surface area (Å²) in [5.74, 6) is -0.537. The average molecular weight is 627 g/mol. The van der Waals surface area contributed by atoms with Gasteiger partial charge < -0.3 is 15.1 Å². The summed E-state index contributed by atoms with van der Waals surface area (Å²) in [6, 6.07) is 31.8. The highest BCUT2D eigenvalue weighted by atomic mass is 32.2. The highest BCUT2D eigenvalue weighted by Gasteiger charge is 2.24. The van der Waals surface area contributed by atoms with Gasteiger partial charge in [-0.2, -0.15) is 0 Å². The van der Waals surface area contributed by atoms with Crippen molar-refractivity contribution in [3.8, 4) is 0 Å². The molecule has 4 aromatic rings. The van der Waals surface area contributed by atoms with Crippen molar-refractivity contribution in [2.24, 2.45) is 5.92 Å². The first kappa shape index (κ1) is 33.3. The summed E-state index contributed by atoms with van der Waals surface area (Å²) in [4.78, 5) is 31.1. The molecule has 4 aromatic carbocycles. The van der Waals surface area contributed by atoms with Gasteiger partial charge in [0.05, 0.1) is 28.7 Å². The molecule has 0 radical (unpaired) electrons. The summed E-state index contributed by atoms with van der Waals surface area (Å²) in [6.07, 6.45) is 0.764. The van der Waals surface area contributed by atoms with E-state index in [1.54, 1.807) is 36.4 Å². The SMILES string of the molecule is CC(C)CCN(C)c1ccc(C(=O)NC(CC(=O)NS(=O)(=O)c2ccccc2)c2ccccc2)cc1N(C)Cc1ccccc1. The van der Waals surface area contributed by atoms with Gasteiger partial charge in [0.25, 0.3) is 15.9 Å². The van der Waals surface area contributed by atoms with Crippen LogP contribution in [0.1, 0.15) is 54.2 Å². The molecule has 0 spiro atoms. The minimum Gasteiger partial charge on any atom is -0.373 e. The monoisotopic (exact) mass is 626 g/mol. The number of benzene rings is 4. The zero-order chi connectivity index (χ0) is 32.4. The Morgan fingerprint density at radius 2 is 1.36 bits per heavy atom. The Morgan fingerprint density at radius 3 is 1.98 bits per heavy atom. The van der Waals surface area contributed by atoms with E-state index in [-0.39, 0.29) is 17.2 Å². The van der Waals surface area contributed by atoms with Crippen molar-refractivity contribution >= 4 is 33.2 Å². The second-order valence-electron chi connectivity index (χ2n) is 11.6. The molecule has 0 bridgehead atoms. The molecule has 0 heterocycles. The summed E-state index contributed by atoms with van der Waals surface area (Å²) >= 11 is 0. The number of nitrogens with one attached hydrogen (secondary N) is 2. The van der Waals surface area contributed by atoms with E-state index >= 15 is 0 Å². The Hall–Kier alpha value is -4.63. The molecule has 2 N–H and O–H groups in total. The molecule has 0 fully saturated rings. The number of nitrogens with zero attached hydrogens (tertiary/aromatic N) is 2. The molecular weight excluding hydrogens is 584 g/mol. The van der Waals surface area contributed by atoms with Crippen molar-refractivity contribution in [1.29, 1.82) is 0 Å². The van der Waals surface area contributed by atoms with Gasteiger partial charge in [0.1, 0.15) is 0 Å². The highest BCUT2D eigenvalue weighted by molar-refractivity contribution is 7.90. The first-order valence-corrected chi connectivity index (χ1v) is 16.6. The van der Waals surface area contributed by atoms with Gasteiger partial charge in [0.15, 0.2) is 0 Å². The lowest BCUT2D eigenvalue weighted by Gasteiger charge is -2.29. The Balaban J connectivity index is 1.59. The van der Waals surface area contributed by atoms with Crippen LogP contribution in [0.25, 0.3) is 0 Å². The van der Waals surface area contributed by atoms with Gasteiger partial charge in [0.2, 0.25) is 5.91 Å². The molecule has 9 heteroatoms. The van der Waals surface area contributed by atoms with E-state index in [0.29, 0.717) is 23.6 Å². The molecule has 45 heavy (non-hydrogen) atoms. The lowest BCUT2D eigenvalue weighted by atomic mass is 10.0. The summed E-state index contributed by atoms with van der Waals surface area (Å²) in [5, 5.41) is 2.98. The van der Waals surface area contributed by atoms with Crippen LogP contribution in [-0.2, 0) is 21.4 Å². The van der Waals surface area contributed by atoms with Crippen LogP contribution in [0.5, 0.6) is 0 Å². The van der Waals surface area contributed by atoms with Crippen LogP contribution in [0.4, 0.5) is 11.4 Å². The van der Waals surface area contributed by atoms with Gasteiger partial charge in [-0.25, -0.2) is 13.1 Å². The summed E-state index contributed by atoms with van der Waals surface area (Å²) < 4.78 is 27.7. The molecular formula is C36H42N4O4S. The van der Waals surface area contributed by atoms with Gasteiger partial charge >= 0.3 is 0 Å². The van der Waals surface area contributed by atoms with Crippen LogP contribution in [-0.4, -0.2) is 40.9 Å². The number of anilines is 2. The molecule has 0 saturated carbocycles. The van der Waals surface area contributed by atoms with Gasteiger partial charge in [-0.1, -0.05) is 92.7 Å². The van der Waals surface area contributed by atoms with E-state index in [0.717, 1.165) is 29.9 Å². The molecule has 0 aliphatic heterocycles. The first-order chi connectivity index (χ1) is 21.5. The quantitative estimate of drug-likeness (QED) is 0.174. The molecule has 0 aliphatic carbocycles. The molecule has 4 rings (SSSR count). The molecule has 236 valence electrons. The minimum absolute atomic E-state index is 0.00995. The Kier molecular flexibility index (Phi) is 11.4. The third-order valence-corrected chi connectivity index (χ3v) is 8.95. The molecule has 1 unspecified atom stereocenters. The van der Waals surface area contributed by atoms with Crippen LogP contribution in [0, 0.1) is 5.92 Å². The lowest BCUT2D eigenvalue weighted by Crippen LogP contribution is -2.36. The zero-order valence-corrected chi connectivity index (χ0v) is 27.1. The van der Waals surface area contributed by atoms with Crippen LogP contribution < -0.4 is 19.8 Å². The van der Waals surface area contributed by atoms with Crippen molar-refractivity contribution < 1.29 is 18.0 Å². The maximum atomic E-state index is 13.8. The van der Waals surface area contributed by atoms with Gasteiger partial charge in [-0.05, 0) is 53.8 Å². The molecule has 1 atom stereocenters. The van der Waals surface area contributed by atoms with Crippen LogP contribution in [0.15, 0.2) is 114 Å².